The number of carbonyl (C=O) groups excluding carboxylic acids is 2. The highest BCUT2D eigenvalue weighted by Crippen LogP contribution is 2.02. The molecule has 1 atom stereocenters. The van der Waals surface area contributed by atoms with Crippen LogP contribution in [0.4, 0.5) is 4.39 Å². The molecule has 0 spiro atoms. The van der Waals surface area contributed by atoms with E-state index in [0.29, 0.717) is 31.5 Å². The molecule has 4 N–H and O–H groups in total. The summed E-state index contributed by atoms with van der Waals surface area (Å²) in [4.78, 5) is 23.4. The minimum absolute atomic E-state index is 0. The summed E-state index contributed by atoms with van der Waals surface area (Å²) in [5, 5.41) is 5.45. The third kappa shape index (κ3) is 8.78. The van der Waals surface area contributed by atoms with Crippen molar-refractivity contribution in [3.05, 3.63) is 35.6 Å². The fraction of sp³-hybridized carbons (Fsp3) is 0.467. The topological polar surface area (TPSA) is 84.2 Å². The zero-order chi connectivity index (χ0) is 16.4. The second-order valence-electron chi connectivity index (χ2n) is 4.80. The Balaban J connectivity index is 0.00000484. The molecule has 0 aliphatic rings. The van der Waals surface area contributed by atoms with Gasteiger partial charge in [-0.05, 0) is 49.1 Å². The molecule has 23 heavy (non-hydrogen) atoms. The molecule has 5 nitrogen and oxygen atoms in total. The van der Waals surface area contributed by atoms with Crippen molar-refractivity contribution in [3.8, 4) is 0 Å². The van der Waals surface area contributed by atoms with Crippen LogP contribution in [-0.4, -0.2) is 43.0 Å². The third-order valence-electron chi connectivity index (χ3n) is 3.01. The normalized spacial score (nSPS) is 11.3. The third-order valence-corrected chi connectivity index (χ3v) is 3.66. The number of nitrogens with one attached hydrogen (secondary N) is 2. The molecule has 0 unspecified atom stereocenters. The first-order chi connectivity index (χ1) is 10.5. The average molecular weight is 364 g/mol. The summed E-state index contributed by atoms with van der Waals surface area (Å²) in [6.07, 6.45) is 3.22. The number of hydrogen-bond donors (Lipinski definition) is 3. The summed E-state index contributed by atoms with van der Waals surface area (Å²) >= 11 is 1.65. The average Bonchev–Trinajstić information content (AvgIpc) is 2.52. The van der Waals surface area contributed by atoms with Crippen molar-refractivity contribution in [2.75, 3.05) is 25.1 Å². The predicted molar refractivity (Wildman–Crippen MR) is 94.6 cm³/mol. The van der Waals surface area contributed by atoms with Gasteiger partial charge in [0.2, 0.25) is 5.91 Å². The first-order valence-electron chi connectivity index (χ1n) is 7.10. The van der Waals surface area contributed by atoms with E-state index in [1.165, 1.54) is 24.3 Å². The molecule has 1 aromatic carbocycles. The van der Waals surface area contributed by atoms with Crippen LogP contribution in [-0.2, 0) is 4.79 Å². The summed E-state index contributed by atoms with van der Waals surface area (Å²) < 4.78 is 12.7. The van der Waals surface area contributed by atoms with E-state index in [4.69, 9.17) is 5.73 Å². The van der Waals surface area contributed by atoms with Crippen LogP contribution in [0.3, 0.4) is 0 Å². The van der Waals surface area contributed by atoms with Crippen LogP contribution in [0.2, 0.25) is 0 Å². The van der Waals surface area contributed by atoms with E-state index in [0.717, 1.165) is 5.75 Å². The molecule has 130 valence electrons. The highest BCUT2D eigenvalue weighted by Gasteiger charge is 2.11. The first-order valence-corrected chi connectivity index (χ1v) is 8.50. The van der Waals surface area contributed by atoms with E-state index in [2.05, 4.69) is 10.6 Å². The molecule has 0 heterocycles. The second-order valence-corrected chi connectivity index (χ2v) is 5.78. The number of rotatable bonds is 9. The van der Waals surface area contributed by atoms with Crippen LogP contribution < -0.4 is 16.4 Å². The highest BCUT2D eigenvalue weighted by atomic mass is 35.5. The van der Waals surface area contributed by atoms with Crippen molar-refractivity contribution in [1.29, 1.82) is 0 Å². The van der Waals surface area contributed by atoms with Crippen molar-refractivity contribution in [1.82, 2.24) is 10.6 Å². The van der Waals surface area contributed by atoms with Crippen molar-refractivity contribution < 1.29 is 14.0 Å². The van der Waals surface area contributed by atoms with Gasteiger partial charge in [-0.15, -0.1) is 12.4 Å². The van der Waals surface area contributed by atoms with Crippen molar-refractivity contribution >= 4 is 36.0 Å². The molecule has 0 saturated carbocycles. The minimum atomic E-state index is -0.485. The molecule has 0 bridgehead atoms. The Hall–Kier alpha value is -1.31. The van der Waals surface area contributed by atoms with Crippen LogP contribution in [0, 0.1) is 5.82 Å². The molecular formula is C15H23ClFN3O2S. The summed E-state index contributed by atoms with van der Waals surface area (Å²) in [6.45, 7) is 0.881. The van der Waals surface area contributed by atoms with Crippen molar-refractivity contribution in [2.45, 2.75) is 18.9 Å². The van der Waals surface area contributed by atoms with E-state index in [1.807, 2.05) is 6.26 Å². The lowest BCUT2D eigenvalue weighted by molar-refractivity contribution is -0.122. The lowest BCUT2D eigenvalue weighted by Gasteiger charge is -2.11. The van der Waals surface area contributed by atoms with Crippen molar-refractivity contribution in [3.63, 3.8) is 0 Å². The van der Waals surface area contributed by atoms with Gasteiger partial charge in [0.1, 0.15) is 5.82 Å². The van der Waals surface area contributed by atoms with Crippen LogP contribution in [0.1, 0.15) is 23.2 Å². The van der Waals surface area contributed by atoms with E-state index >= 15 is 0 Å². The Labute approximate surface area is 146 Å². The lowest BCUT2D eigenvalue weighted by Crippen LogP contribution is -2.41. The number of nitrogens with two attached hydrogens (primary N) is 1. The molecule has 1 rings (SSSR count). The second kappa shape index (κ2) is 12.2. The zero-order valence-corrected chi connectivity index (χ0v) is 14.6. The summed E-state index contributed by atoms with van der Waals surface area (Å²) in [5.41, 5.74) is 6.14. The van der Waals surface area contributed by atoms with Gasteiger partial charge in [-0.25, -0.2) is 4.39 Å². The van der Waals surface area contributed by atoms with Crippen molar-refractivity contribution in [2.24, 2.45) is 5.73 Å². The van der Waals surface area contributed by atoms with Gasteiger partial charge < -0.3 is 16.4 Å². The molecule has 0 saturated heterocycles. The van der Waals surface area contributed by atoms with Gasteiger partial charge in [0.15, 0.2) is 0 Å². The number of thioether (sulfide) groups is 1. The molecule has 0 aliphatic carbocycles. The van der Waals surface area contributed by atoms with E-state index < -0.39 is 6.04 Å². The smallest absolute Gasteiger partial charge is 0.251 e. The van der Waals surface area contributed by atoms with Gasteiger partial charge in [-0.2, -0.15) is 11.8 Å². The van der Waals surface area contributed by atoms with Crippen LogP contribution in [0.15, 0.2) is 24.3 Å². The largest absolute Gasteiger partial charge is 0.355 e. The highest BCUT2D eigenvalue weighted by molar-refractivity contribution is 7.98. The minimum Gasteiger partial charge on any atom is -0.355 e. The maximum atomic E-state index is 12.7. The molecule has 1 aromatic rings. The van der Waals surface area contributed by atoms with Gasteiger partial charge in [-0.3, -0.25) is 9.59 Å². The molecular weight excluding hydrogens is 341 g/mol. The zero-order valence-electron chi connectivity index (χ0n) is 13.0. The molecule has 2 amide bonds. The van der Waals surface area contributed by atoms with E-state index in [1.54, 1.807) is 11.8 Å². The van der Waals surface area contributed by atoms with Gasteiger partial charge in [-0.1, -0.05) is 0 Å². The molecule has 0 aliphatic heterocycles. The number of carbonyl (C=O) groups is 2. The maximum Gasteiger partial charge on any atom is 0.251 e. The van der Waals surface area contributed by atoms with Gasteiger partial charge in [0.25, 0.3) is 5.91 Å². The first kappa shape index (κ1) is 21.7. The van der Waals surface area contributed by atoms with Crippen LogP contribution in [0.5, 0.6) is 0 Å². The Morgan fingerprint density at radius 1 is 1.22 bits per heavy atom. The van der Waals surface area contributed by atoms with E-state index in [-0.39, 0.29) is 30.0 Å². The number of benzene rings is 1. The maximum absolute atomic E-state index is 12.7. The lowest BCUT2D eigenvalue weighted by atomic mass is 10.2. The molecule has 0 radical (unpaired) electrons. The quantitative estimate of drug-likeness (QED) is 0.581. The monoisotopic (exact) mass is 363 g/mol. The standard InChI is InChI=1S/C15H22FN3O2S.ClH/c1-22-10-7-13(17)15(21)19-9-2-8-18-14(20)11-3-5-12(16)6-4-11;/h3-6,13H,2,7-10,17H2,1H3,(H,18,20)(H,19,21);1H/t13-;/m0./s1. The van der Waals surface area contributed by atoms with Gasteiger partial charge >= 0.3 is 0 Å². The predicted octanol–water partition coefficient (Wildman–Crippen LogP) is 1.56. The van der Waals surface area contributed by atoms with Crippen LogP contribution in [0.25, 0.3) is 0 Å². The fourth-order valence-electron chi connectivity index (χ4n) is 1.71. The van der Waals surface area contributed by atoms with Gasteiger partial charge in [0, 0.05) is 18.7 Å². The van der Waals surface area contributed by atoms with Gasteiger partial charge in [0.05, 0.1) is 6.04 Å². The number of hydrogen-bond acceptors (Lipinski definition) is 4. The Bertz CT molecular complexity index is 488. The Kier molecular flexibility index (Phi) is 11.5. The molecule has 8 heteroatoms. The van der Waals surface area contributed by atoms with E-state index in [9.17, 15) is 14.0 Å². The Morgan fingerprint density at radius 3 is 2.43 bits per heavy atom. The molecule has 0 aromatic heterocycles. The number of halogens is 2. The Morgan fingerprint density at radius 2 is 1.83 bits per heavy atom. The fourth-order valence-corrected chi connectivity index (χ4v) is 2.20. The van der Waals surface area contributed by atoms with Crippen LogP contribution >= 0.6 is 24.2 Å². The number of amides is 2. The SMILES string of the molecule is CSCC[C@H](N)C(=O)NCCCNC(=O)c1ccc(F)cc1.Cl. The summed E-state index contributed by atoms with van der Waals surface area (Å²) in [6, 6.07) is 4.85. The summed E-state index contributed by atoms with van der Waals surface area (Å²) in [7, 11) is 0. The summed E-state index contributed by atoms with van der Waals surface area (Å²) in [5.74, 6) is 0.0430. The molecule has 0 fully saturated rings.